The summed E-state index contributed by atoms with van der Waals surface area (Å²) in [5.74, 6) is 2.64. The highest BCUT2D eigenvalue weighted by atomic mass is 16.5. The van der Waals surface area contributed by atoms with Gasteiger partial charge in [-0.3, -0.25) is 0 Å². The molecule has 1 aliphatic heterocycles. The molecular weight excluding hydrogens is 366 g/mol. The second-order valence-corrected chi connectivity index (χ2v) is 6.93. The average molecular weight is 398 g/mol. The van der Waals surface area contributed by atoms with Gasteiger partial charge in [-0.25, -0.2) is 9.98 Å². The molecule has 2 N–H and O–H groups in total. The Morgan fingerprint density at radius 1 is 1.28 bits per heavy atom. The highest BCUT2D eigenvalue weighted by molar-refractivity contribution is 5.79. The average Bonchev–Trinajstić information content (AvgIpc) is 2.76. The van der Waals surface area contributed by atoms with Crippen LogP contribution in [0, 0.1) is 0 Å². The number of para-hydroxylation sites is 1. The van der Waals surface area contributed by atoms with E-state index >= 15 is 0 Å². The number of hydrogen-bond donors (Lipinski definition) is 2. The lowest BCUT2D eigenvalue weighted by atomic mass is 10.2. The van der Waals surface area contributed by atoms with Crippen molar-refractivity contribution in [1.82, 2.24) is 15.6 Å². The molecule has 3 rings (SSSR count). The van der Waals surface area contributed by atoms with Crippen LogP contribution in [0.15, 0.2) is 53.7 Å². The van der Waals surface area contributed by atoms with Crippen LogP contribution >= 0.6 is 0 Å². The Kier molecular flexibility index (Phi) is 8.12. The molecule has 1 saturated heterocycles. The summed E-state index contributed by atoms with van der Waals surface area (Å²) in [6.45, 7) is 9.27. The smallest absolute Gasteiger partial charge is 0.191 e. The molecule has 1 aromatic carbocycles. The van der Waals surface area contributed by atoms with Gasteiger partial charge in [0, 0.05) is 25.8 Å². The number of nitrogens with zero attached hydrogens (tertiary/aromatic N) is 3. The highest BCUT2D eigenvalue weighted by Gasteiger charge is 2.17. The van der Waals surface area contributed by atoms with Crippen LogP contribution in [-0.2, 0) is 11.3 Å². The van der Waals surface area contributed by atoms with Crippen LogP contribution in [-0.4, -0.2) is 56.4 Å². The maximum Gasteiger partial charge on any atom is 0.191 e. The minimum Gasteiger partial charge on any atom is -0.492 e. The van der Waals surface area contributed by atoms with Gasteiger partial charge in [-0.1, -0.05) is 18.2 Å². The molecule has 1 aliphatic rings. The van der Waals surface area contributed by atoms with Gasteiger partial charge < -0.3 is 25.0 Å². The molecule has 2 aromatic rings. The number of aromatic nitrogens is 1. The number of rotatable bonds is 8. The van der Waals surface area contributed by atoms with Crippen molar-refractivity contribution in [3.8, 4) is 5.75 Å². The maximum atomic E-state index is 5.72. The van der Waals surface area contributed by atoms with Crippen molar-refractivity contribution in [2.24, 2.45) is 4.99 Å². The third-order valence-corrected chi connectivity index (χ3v) is 4.55. The molecule has 1 fully saturated rings. The van der Waals surface area contributed by atoms with Gasteiger partial charge in [-0.2, -0.15) is 0 Å². The molecule has 0 amide bonds. The number of nitrogens with one attached hydrogen (secondary N) is 2. The molecule has 0 radical (unpaired) electrons. The lowest BCUT2D eigenvalue weighted by molar-refractivity contribution is 0.0529. The minimum atomic E-state index is 0.231. The molecule has 156 valence electrons. The van der Waals surface area contributed by atoms with Gasteiger partial charge in [0.25, 0.3) is 0 Å². The molecule has 29 heavy (non-hydrogen) atoms. The van der Waals surface area contributed by atoms with Crippen molar-refractivity contribution in [3.63, 3.8) is 0 Å². The maximum absolute atomic E-state index is 5.72. The molecule has 7 nitrogen and oxygen atoms in total. The van der Waals surface area contributed by atoms with E-state index in [1.807, 2.05) is 42.6 Å². The first-order valence-electron chi connectivity index (χ1n) is 10.3. The number of morpholine rings is 1. The Balaban J connectivity index is 1.52. The number of benzene rings is 1. The monoisotopic (exact) mass is 397 g/mol. The SMILES string of the molecule is CCNC(=NCc1ccnc(N2CCOC(C)C2)c1)NCCOc1ccccc1. The van der Waals surface area contributed by atoms with E-state index in [0.29, 0.717) is 19.7 Å². The van der Waals surface area contributed by atoms with Gasteiger partial charge in [0.15, 0.2) is 5.96 Å². The third-order valence-electron chi connectivity index (χ3n) is 4.55. The topological polar surface area (TPSA) is 71.0 Å². The van der Waals surface area contributed by atoms with Crippen LogP contribution in [0.4, 0.5) is 5.82 Å². The van der Waals surface area contributed by atoms with Crippen molar-refractivity contribution >= 4 is 11.8 Å². The van der Waals surface area contributed by atoms with Crippen LogP contribution in [0.5, 0.6) is 5.75 Å². The Labute approximate surface area is 173 Å². The number of anilines is 1. The van der Waals surface area contributed by atoms with Crippen molar-refractivity contribution < 1.29 is 9.47 Å². The fraction of sp³-hybridized carbons (Fsp3) is 0.455. The molecule has 0 saturated carbocycles. The summed E-state index contributed by atoms with van der Waals surface area (Å²) in [5.41, 5.74) is 1.13. The lowest BCUT2D eigenvalue weighted by Crippen LogP contribution is -2.41. The van der Waals surface area contributed by atoms with E-state index in [2.05, 4.69) is 40.4 Å². The van der Waals surface area contributed by atoms with Crippen LogP contribution < -0.4 is 20.3 Å². The summed E-state index contributed by atoms with van der Waals surface area (Å²) in [4.78, 5) is 11.5. The van der Waals surface area contributed by atoms with E-state index in [-0.39, 0.29) is 6.10 Å². The van der Waals surface area contributed by atoms with Crippen molar-refractivity contribution in [2.75, 3.05) is 44.3 Å². The number of aliphatic imine (C=N–C) groups is 1. The summed E-state index contributed by atoms with van der Waals surface area (Å²) in [7, 11) is 0. The zero-order valence-electron chi connectivity index (χ0n) is 17.3. The molecule has 7 heteroatoms. The first kappa shape index (κ1) is 20.9. The van der Waals surface area contributed by atoms with Crippen LogP contribution in [0.25, 0.3) is 0 Å². The number of ether oxygens (including phenoxy) is 2. The van der Waals surface area contributed by atoms with E-state index in [1.54, 1.807) is 0 Å². The largest absolute Gasteiger partial charge is 0.492 e. The second-order valence-electron chi connectivity index (χ2n) is 6.93. The van der Waals surface area contributed by atoms with Gasteiger partial charge in [-0.15, -0.1) is 0 Å². The first-order chi connectivity index (χ1) is 14.2. The third kappa shape index (κ3) is 6.94. The van der Waals surface area contributed by atoms with E-state index in [1.165, 1.54) is 0 Å². The number of guanidine groups is 1. The number of hydrogen-bond acceptors (Lipinski definition) is 5. The summed E-state index contributed by atoms with van der Waals surface area (Å²) in [5, 5.41) is 6.59. The zero-order chi connectivity index (χ0) is 20.3. The van der Waals surface area contributed by atoms with Crippen molar-refractivity contribution in [2.45, 2.75) is 26.5 Å². The van der Waals surface area contributed by atoms with E-state index in [4.69, 9.17) is 14.5 Å². The number of pyridine rings is 1. The normalized spacial score (nSPS) is 17.1. The standard InChI is InChI=1S/C22H31N5O2/c1-3-23-22(25-11-13-29-20-7-5-4-6-8-20)26-16-19-9-10-24-21(15-19)27-12-14-28-18(2)17-27/h4-10,15,18H,3,11-14,16-17H2,1-2H3,(H2,23,25,26). The van der Waals surface area contributed by atoms with Crippen molar-refractivity contribution in [3.05, 3.63) is 54.2 Å². The second kappa shape index (κ2) is 11.3. The van der Waals surface area contributed by atoms with Gasteiger partial charge in [0.05, 0.1) is 25.8 Å². The summed E-state index contributed by atoms with van der Waals surface area (Å²) < 4.78 is 11.3. The molecule has 1 aromatic heterocycles. The molecule has 1 unspecified atom stereocenters. The fourth-order valence-corrected chi connectivity index (χ4v) is 3.13. The van der Waals surface area contributed by atoms with Gasteiger partial charge in [-0.05, 0) is 43.7 Å². The minimum absolute atomic E-state index is 0.231. The van der Waals surface area contributed by atoms with E-state index in [0.717, 1.165) is 49.3 Å². The molecule has 2 heterocycles. The molecule has 0 bridgehead atoms. The summed E-state index contributed by atoms with van der Waals surface area (Å²) in [6, 6.07) is 13.9. The van der Waals surface area contributed by atoms with Gasteiger partial charge >= 0.3 is 0 Å². The van der Waals surface area contributed by atoms with Crippen molar-refractivity contribution in [1.29, 1.82) is 0 Å². The summed E-state index contributed by atoms with van der Waals surface area (Å²) in [6.07, 6.45) is 2.09. The van der Waals surface area contributed by atoms with Crippen LogP contribution in [0.3, 0.4) is 0 Å². The highest BCUT2D eigenvalue weighted by Crippen LogP contribution is 2.17. The Bertz CT molecular complexity index is 769. The van der Waals surface area contributed by atoms with E-state index < -0.39 is 0 Å². The lowest BCUT2D eigenvalue weighted by Gasteiger charge is -2.32. The first-order valence-corrected chi connectivity index (χ1v) is 10.3. The van der Waals surface area contributed by atoms with Crippen LogP contribution in [0.1, 0.15) is 19.4 Å². The van der Waals surface area contributed by atoms with Gasteiger partial charge in [0.2, 0.25) is 0 Å². The molecule has 0 spiro atoms. The summed E-state index contributed by atoms with van der Waals surface area (Å²) >= 11 is 0. The predicted octanol–water partition coefficient (Wildman–Crippen LogP) is 2.44. The predicted molar refractivity (Wildman–Crippen MR) is 117 cm³/mol. The Hall–Kier alpha value is -2.80. The Morgan fingerprint density at radius 2 is 2.14 bits per heavy atom. The molecule has 0 aliphatic carbocycles. The quantitative estimate of drug-likeness (QED) is 0.405. The fourth-order valence-electron chi connectivity index (χ4n) is 3.13. The molecule has 1 atom stereocenters. The van der Waals surface area contributed by atoms with Crippen LogP contribution in [0.2, 0.25) is 0 Å². The zero-order valence-corrected chi connectivity index (χ0v) is 17.3. The Morgan fingerprint density at radius 3 is 2.93 bits per heavy atom. The van der Waals surface area contributed by atoms with E-state index in [9.17, 15) is 0 Å². The molecular formula is C22H31N5O2. The van der Waals surface area contributed by atoms with Gasteiger partial charge in [0.1, 0.15) is 18.2 Å².